The van der Waals surface area contributed by atoms with Crippen molar-refractivity contribution in [2.45, 2.75) is 18.6 Å². The number of carbonyl (C=O) groups excluding carboxylic acids is 1. The molecule has 0 spiro atoms. The van der Waals surface area contributed by atoms with E-state index in [9.17, 15) is 9.90 Å². The summed E-state index contributed by atoms with van der Waals surface area (Å²) in [6.07, 6.45) is 1.26. The average Bonchev–Trinajstić information content (AvgIpc) is 2.47. The molecule has 0 radical (unpaired) electrons. The van der Waals surface area contributed by atoms with Crippen LogP contribution in [0.25, 0.3) is 0 Å². The molecule has 2 heterocycles. The molecule has 14 heavy (non-hydrogen) atoms. The third-order valence-corrected chi connectivity index (χ3v) is 2.58. The van der Waals surface area contributed by atoms with Gasteiger partial charge in [0.1, 0.15) is 6.10 Å². The molecule has 1 saturated heterocycles. The highest BCUT2D eigenvalue weighted by atomic mass is 16.3. The molecule has 1 fully saturated rings. The summed E-state index contributed by atoms with van der Waals surface area (Å²) in [6, 6.07) is 5.49. The summed E-state index contributed by atoms with van der Waals surface area (Å²) in [7, 11) is 1.69. The molecule has 0 unspecified atom stereocenters. The van der Waals surface area contributed by atoms with Gasteiger partial charge in [0, 0.05) is 19.7 Å². The SMILES string of the molecule is CN1C(=O)[C@@H](O)C[C@@H]1c1ccccn1. The zero-order valence-electron chi connectivity index (χ0n) is 7.92. The smallest absolute Gasteiger partial charge is 0.251 e. The van der Waals surface area contributed by atoms with Gasteiger partial charge in [0.05, 0.1) is 11.7 Å². The van der Waals surface area contributed by atoms with E-state index in [1.165, 1.54) is 0 Å². The molecule has 0 saturated carbocycles. The standard InChI is InChI=1S/C10H12N2O2/c1-12-8(6-9(13)10(12)14)7-4-2-3-5-11-7/h2-5,8-9,13H,6H2,1H3/t8-,9+/m1/s1. The molecular weight excluding hydrogens is 180 g/mol. The first-order valence-corrected chi connectivity index (χ1v) is 4.56. The van der Waals surface area contributed by atoms with Gasteiger partial charge in [-0.3, -0.25) is 9.78 Å². The van der Waals surface area contributed by atoms with E-state index in [-0.39, 0.29) is 11.9 Å². The number of aliphatic hydroxyl groups excluding tert-OH is 1. The number of aliphatic hydroxyl groups is 1. The first-order valence-electron chi connectivity index (χ1n) is 4.56. The molecule has 1 aromatic heterocycles. The van der Waals surface area contributed by atoms with Crippen LogP contribution in [0.15, 0.2) is 24.4 Å². The van der Waals surface area contributed by atoms with Gasteiger partial charge in [-0.25, -0.2) is 0 Å². The van der Waals surface area contributed by atoms with Crippen LogP contribution >= 0.6 is 0 Å². The summed E-state index contributed by atoms with van der Waals surface area (Å²) < 4.78 is 0. The van der Waals surface area contributed by atoms with Gasteiger partial charge in [-0.15, -0.1) is 0 Å². The largest absolute Gasteiger partial charge is 0.383 e. The second kappa shape index (κ2) is 3.38. The Morgan fingerprint density at radius 3 is 2.86 bits per heavy atom. The predicted molar refractivity (Wildman–Crippen MR) is 50.4 cm³/mol. The molecule has 1 aromatic rings. The van der Waals surface area contributed by atoms with Gasteiger partial charge in [0.2, 0.25) is 0 Å². The summed E-state index contributed by atoms with van der Waals surface area (Å²) in [5.41, 5.74) is 0.833. The lowest BCUT2D eigenvalue weighted by molar-refractivity contribution is -0.134. The van der Waals surface area contributed by atoms with Crippen LogP contribution in [-0.4, -0.2) is 34.0 Å². The van der Waals surface area contributed by atoms with Crippen LogP contribution < -0.4 is 0 Å². The Morgan fingerprint density at radius 1 is 1.57 bits per heavy atom. The lowest BCUT2D eigenvalue weighted by Crippen LogP contribution is -2.27. The lowest BCUT2D eigenvalue weighted by Gasteiger charge is -2.18. The highest BCUT2D eigenvalue weighted by Crippen LogP contribution is 2.29. The monoisotopic (exact) mass is 192 g/mol. The van der Waals surface area contributed by atoms with Crippen molar-refractivity contribution in [1.82, 2.24) is 9.88 Å². The van der Waals surface area contributed by atoms with Crippen molar-refractivity contribution in [3.63, 3.8) is 0 Å². The Labute approximate surface area is 82.2 Å². The number of carbonyl (C=O) groups is 1. The van der Waals surface area contributed by atoms with E-state index in [4.69, 9.17) is 0 Å². The Hall–Kier alpha value is -1.42. The number of likely N-dealkylation sites (N-methyl/N-ethyl adjacent to an activating group) is 1. The summed E-state index contributed by atoms with van der Waals surface area (Å²) in [6.45, 7) is 0. The minimum atomic E-state index is -0.869. The van der Waals surface area contributed by atoms with E-state index in [1.54, 1.807) is 18.1 Å². The van der Waals surface area contributed by atoms with Crippen LogP contribution in [0.2, 0.25) is 0 Å². The Bertz CT molecular complexity index is 339. The van der Waals surface area contributed by atoms with Crippen molar-refractivity contribution in [2.75, 3.05) is 7.05 Å². The van der Waals surface area contributed by atoms with E-state index in [2.05, 4.69) is 4.98 Å². The fraction of sp³-hybridized carbons (Fsp3) is 0.400. The number of hydrogen-bond donors (Lipinski definition) is 1. The average molecular weight is 192 g/mol. The maximum atomic E-state index is 11.3. The maximum absolute atomic E-state index is 11.3. The number of aromatic nitrogens is 1. The van der Waals surface area contributed by atoms with E-state index in [0.29, 0.717) is 6.42 Å². The van der Waals surface area contributed by atoms with Crippen LogP contribution in [0.3, 0.4) is 0 Å². The Kier molecular flexibility index (Phi) is 2.21. The number of pyridine rings is 1. The maximum Gasteiger partial charge on any atom is 0.251 e. The van der Waals surface area contributed by atoms with Crippen LogP contribution in [0.1, 0.15) is 18.2 Å². The fourth-order valence-electron chi connectivity index (χ4n) is 1.75. The van der Waals surface area contributed by atoms with E-state index >= 15 is 0 Å². The lowest BCUT2D eigenvalue weighted by atomic mass is 10.1. The molecule has 0 aliphatic carbocycles. The molecular formula is C10H12N2O2. The highest BCUT2D eigenvalue weighted by Gasteiger charge is 2.37. The van der Waals surface area contributed by atoms with E-state index in [1.807, 2.05) is 18.2 Å². The molecule has 0 aromatic carbocycles. The minimum absolute atomic E-state index is 0.0845. The minimum Gasteiger partial charge on any atom is -0.383 e. The molecule has 1 amide bonds. The molecule has 4 nitrogen and oxygen atoms in total. The van der Waals surface area contributed by atoms with E-state index in [0.717, 1.165) is 5.69 Å². The Balaban J connectivity index is 2.26. The second-order valence-electron chi connectivity index (χ2n) is 3.47. The van der Waals surface area contributed by atoms with Crippen LogP contribution in [0.4, 0.5) is 0 Å². The van der Waals surface area contributed by atoms with Gasteiger partial charge in [-0.1, -0.05) is 6.07 Å². The first-order chi connectivity index (χ1) is 6.70. The first kappa shape index (κ1) is 9.15. The number of likely N-dealkylation sites (tertiary alicyclic amines) is 1. The van der Waals surface area contributed by atoms with Gasteiger partial charge >= 0.3 is 0 Å². The van der Waals surface area contributed by atoms with E-state index < -0.39 is 6.10 Å². The molecule has 1 aliphatic rings. The molecule has 2 atom stereocenters. The second-order valence-corrected chi connectivity index (χ2v) is 3.47. The van der Waals surface area contributed by atoms with Crippen LogP contribution in [0.5, 0.6) is 0 Å². The predicted octanol–water partition coefficient (Wildman–Crippen LogP) is 0.346. The molecule has 0 bridgehead atoms. The number of rotatable bonds is 1. The van der Waals surface area contributed by atoms with Crippen molar-refractivity contribution >= 4 is 5.91 Å². The fourth-order valence-corrected chi connectivity index (χ4v) is 1.75. The highest BCUT2D eigenvalue weighted by molar-refractivity contribution is 5.83. The number of amides is 1. The van der Waals surface area contributed by atoms with Crippen molar-refractivity contribution < 1.29 is 9.90 Å². The van der Waals surface area contributed by atoms with Crippen molar-refractivity contribution in [1.29, 1.82) is 0 Å². The van der Waals surface area contributed by atoms with Gasteiger partial charge < -0.3 is 10.0 Å². The molecule has 1 N–H and O–H groups in total. The van der Waals surface area contributed by atoms with Crippen molar-refractivity contribution in [3.05, 3.63) is 30.1 Å². The summed E-state index contributed by atoms with van der Waals surface area (Å²) >= 11 is 0. The molecule has 1 aliphatic heterocycles. The summed E-state index contributed by atoms with van der Waals surface area (Å²) in [4.78, 5) is 17.1. The van der Waals surface area contributed by atoms with Crippen molar-refractivity contribution in [2.24, 2.45) is 0 Å². The number of hydrogen-bond acceptors (Lipinski definition) is 3. The molecule has 74 valence electrons. The van der Waals surface area contributed by atoms with Crippen LogP contribution in [-0.2, 0) is 4.79 Å². The number of nitrogens with zero attached hydrogens (tertiary/aromatic N) is 2. The topological polar surface area (TPSA) is 53.4 Å². The quantitative estimate of drug-likeness (QED) is 0.698. The zero-order chi connectivity index (χ0) is 10.1. The van der Waals surface area contributed by atoms with Crippen molar-refractivity contribution in [3.8, 4) is 0 Å². The summed E-state index contributed by atoms with van der Waals surface area (Å²) in [5, 5.41) is 9.38. The molecule has 4 heteroatoms. The normalized spacial score (nSPS) is 27.0. The third kappa shape index (κ3) is 1.37. The third-order valence-electron chi connectivity index (χ3n) is 2.58. The van der Waals surface area contributed by atoms with Gasteiger partial charge in [0.25, 0.3) is 5.91 Å². The van der Waals surface area contributed by atoms with Gasteiger partial charge in [-0.2, -0.15) is 0 Å². The van der Waals surface area contributed by atoms with Gasteiger partial charge in [-0.05, 0) is 12.1 Å². The van der Waals surface area contributed by atoms with Gasteiger partial charge in [0.15, 0.2) is 0 Å². The summed E-state index contributed by atoms with van der Waals surface area (Å²) in [5.74, 6) is -0.222. The molecule has 2 rings (SSSR count). The zero-order valence-corrected chi connectivity index (χ0v) is 7.92. The Morgan fingerprint density at radius 2 is 2.36 bits per heavy atom. The van der Waals surface area contributed by atoms with Crippen LogP contribution in [0, 0.1) is 0 Å².